The Bertz CT molecular complexity index is 608. The molecule has 118 valence electrons. The highest BCUT2D eigenvalue weighted by molar-refractivity contribution is 5.75. The number of likely N-dealkylation sites (tertiary alicyclic amines) is 1. The monoisotopic (exact) mass is 305 g/mol. The standard InChI is InChI=1S/C15H19N3O4/c1-2-20-15(19)11-6-3-4-8-18(11)10-13-16-14(17-22-13)12-7-5-9-21-12/h5,7,9,11H,2-4,6,8,10H2,1H3. The summed E-state index contributed by atoms with van der Waals surface area (Å²) in [6, 6.07) is 3.32. The van der Waals surface area contributed by atoms with Gasteiger partial charge in [0.2, 0.25) is 11.7 Å². The molecular weight excluding hydrogens is 286 g/mol. The van der Waals surface area contributed by atoms with Crippen LogP contribution in [0.25, 0.3) is 11.6 Å². The molecule has 0 spiro atoms. The van der Waals surface area contributed by atoms with E-state index in [0.29, 0.717) is 30.6 Å². The fourth-order valence-electron chi connectivity index (χ4n) is 2.68. The molecule has 1 aliphatic heterocycles. The summed E-state index contributed by atoms with van der Waals surface area (Å²) in [6.45, 7) is 3.48. The average molecular weight is 305 g/mol. The highest BCUT2D eigenvalue weighted by Crippen LogP contribution is 2.22. The van der Waals surface area contributed by atoms with Gasteiger partial charge >= 0.3 is 5.97 Å². The first-order chi connectivity index (χ1) is 10.8. The van der Waals surface area contributed by atoms with Gasteiger partial charge in [0.1, 0.15) is 6.04 Å². The zero-order chi connectivity index (χ0) is 15.4. The number of piperidine rings is 1. The summed E-state index contributed by atoms with van der Waals surface area (Å²) in [4.78, 5) is 18.4. The maximum absolute atomic E-state index is 12.0. The van der Waals surface area contributed by atoms with Crippen molar-refractivity contribution in [3.63, 3.8) is 0 Å². The number of aromatic nitrogens is 2. The molecule has 1 atom stereocenters. The minimum atomic E-state index is -0.229. The van der Waals surface area contributed by atoms with Crippen LogP contribution in [0.2, 0.25) is 0 Å². The number of furan rings is 1. The lowest BCUT2D eigenvalue weighted by atomic mass is 10.0. The number of carbonyl (C=O) groups excluding carboxylic acids is 1. The minimum absolute atomic E-state index is 0.173. The third-order valence-electron chi connectivity index (χ3n) is 3.72. The lowest BCUT2D eigenvalue weighted by Gasteiger charge is -2.32. The Morgan fingerprint density at radius 3 is 3.18 bits per heavy atom. The largest absolute Gasteiger partial charge is 0.465 e. The maximum atomic E-state index is 12.0. The van der Waals surface area contributed by atoms with Crippen LogP contribution in [0.15, 0.2) is 27.3 Å². The molecule has 3 heterocycles. The summed E-state index contributed by atoms with van der Waals surface area (Å²) in [5, 5.41) is 3.91. The highest BCUT2D eigenvalue weighted by atomic mass is 16.5. The van der Waals surface area contributed by atoms with Gasteiger partial charge in [0.25, 0.3) is 0 Å². The molecule has 0 N–H and O–H groups in total. The van der Waals surface area contributed by atoms with Crippen molar-refractivity contribution in [3.8, 4) is 11.6 Å². The molecule has 1 fully saturated rings. The van der Waals surface area contributed by atoms with Crippen molar-refractivity contribution >= 4 is 5.97 Å². The molecular formula is C15H19N3O4. The summed E-state index contributed by atoms with van der Waals surface area (Å²) in [5.41, 5.74) is 0. The van der Waals surface area contributed by atoms with E-state index in [1.54, 1.807) is 18.4 Å². The number of hydrogen-bond acceptors (Lipinski definition) is 7. The van der Waals surface area contributed by atoms with E-state index in [-0.39, 0.29) is 12.0 Å². The molecule has 2 aromatic heterocycles. The van der Waals surface area contributed by atoms with E-state index in [4.69, 9.17) is 13.7 Å². The van der Waals surface area contributed by atoms with Crippen molar-refractivity contribution in [1.29, 1.82) is 0 Å². The van der Waals surface area contributed by atoms with Crippen molar-refractivity contribution in [1.82, 2.24) is 15.0 Å². The van der Waals surface area contributed by atoms with Crippen LogP contribution >= 0.6 is 0 Å². The van der Waals surface area contributed by atoms with Crippen LogP contribution < -0.4 is 0 Å². The van der Waals surface area contributed by atoms with E-state index in [1.807, 2.05) is 11.8 Å². The molecule has 0 aromatic carbocycles. The second kappa shape index (κ2) is 6.74. The lowest BCUT2D eigenvalue weighted by molar-refractivity contribution is -0.151. The van der Waals surface area contributed by atoms with Gasteiger partial charge in [-0.3, -0.25) is 9.69 Å². The van der Waals surface area contributed by atoms with E-state index in [1.165, 1.54) is 0 Å². The molecule has 0 radical (unpaired) electrons. The van der Waals surface area contributed by atoms with Crippen LogP contribution in [0.3, 0.4) is 0 Å². The fraction of sp³-hybridized carbons (Fsp3) is 0.533. The first-order valence-corrected chi connectivity index (χ1v) is 7.55. The molecule has 1 saturated heterocycles. The van der Waals surface area contributed by atoms with Crippen LogP contribution in [-0.4, -0.2) is 40.2 Å². The molecule has 1 aliphatic rings. The van der Waals surface area contributed by atoms with Gasteiger partial charge in [-0.2, -0.15) is 4.98 Å². The maximum Gasteiger partial charge on any atom is 0.323 e. The first kappa shape index (κ1) is 14.8. The third-order valence-corrected chi connectivity index (χ3v) is 3.72. The Morgan fingerprint density at radius 1 is 1.50 bits per heavy atom. The van der Waals surface area contributed by atoms with Gasteiger partial charge in [-0.05, 0) is 38.4 Å². The number of esters is 1. The van der Waals surface area contributed by atoms with Gasteiger partial charge in [0.15, 0.2) is 5.76 Å². The summed E-state index contributed by atoms with van der Waals surface area (Å²) >= 11 is 0. The Hall–Kier alpha value is -2.15. The molecule has 7 heteroatoms. The van der Waals surface area contributed by atoms with E-state index in [0.717, 1.165) is 25.8 Å². The molecule has 0 aliphatic carbocycles. The minimum Gasteiger partial charge on any atom is -0.465 e. The topological polar surface area (TPSA) is 81.6 Å². The zero-order valence-electron chi connectivity index (χ0n) is 12.5. The van der Waals surface area contributed by atoms with Crippen LogP contribution in [0.1, 0.15) is 32.1 Å². The van der Waals surface area contributed by atoms with Crippen LogP contribution in [-0.2, 0) is 16.1 Å². The molecule has 3 rings (SSSR count). The zero-order valence-corrected chi connectivity index (χ0v) is 12.5. The van der Waals surface area contributed by atoms with E-state index in [2.05, 4.69) is 10.1 Å². The van der Waals surface area contributed by atoms with Crippen LogP contribution in [0.4, 0.5) is 0 Å². The quantitative estimate of drug-likeness (QED) is 0.783. The summed E-state index contributed by atoms with van der Waals surface area (Å²) in [5.74, 6) is 1.29. The van der Waals surface area contributed by atoms with Crippen molar-refractivity contribution in [3.05, 3.63) is 24.3 Å². The van der Waals surface area contributed by atoms with E-state index < -0.39 is 0 Å². The highest BCUT2D eigenvalue weighted by Gasteiger charge is 2.31. The number of hydrogen-bond donors (Lipinski definition) is 0. The fourth-order valence-corrected chi connectivity index (χ4v) is 2.68. The summed E-state index contributed by atoms with van der Waals surface area (Å²) in [6.07, 6.45) is 4.45. The van der Waals surface area contributed by atoms with Gasteiger partial charge < -0.3 is 13.7 Å². The van der Waals surface area contributed by atoms with E-state index >= 15 is 0 Å². The number of rotatable bonds is 5. The number of nitrogens with zero attached hydrogens (tertiary/aromatic N) is 3. The Morgan fingerprint density at radius 2 is 2.41 bits per heavy atom. The van der Waals surface area contributed by atoms with Crippen molar-refractivity contribution < 1.29 is 18.5 Å². The Labute approximate surface area is 128 Å². The van der Waals surface area contributed by atoms with Crippen molar-refractivity contribution in [2.24, 2.45) is 0 Å². The van der Waals surface area contributed by atoms with E-state index in [9.17, 15) is 4.79 Å². The molecule has 0 saturated carbocycles. The second-order valence-corrected chi connectivity index (χ2v) is 5.22. The molecule has 2 aromatic rings. The predicted molar refractivity (Wildman–Crippen MR) is 76.7 cm³/mol. The summed E-state index contributed by atoms with van der Waals surface area (Å²) < 4.78 is 15.7. The SMILES string of the molecule is CCOC(=O)C1CCCCN1Cc1nc(-c2ccco2)no1. The molecule has 0 amide bonds. The molecule has 22 heavy (non-hydrogen) atoms. The van der Waals surface area contributed by atoms with Crippen LogP contribution in [0.5, 0.6) is 0 Å². The van der Waals surface area contributed by atoms with Gasteiger partial charge in [-0.25, -0.2) is 0 Å². The number of carbonyl (C=O) groups is 1. The Kier molecular flexibility index (Phi) is 4.53. The Balaban J connectivity index is 1.69. The first-order valence-electron chi connectivity index (χ1n) is 7.55. The smallest absolute Gasteiger partial charge is 0.323 e. The predicted octanol–water partition coefficient (Wildman–Crippen LogP) is 2.25. The molecule has 7 nitrogen and oxygen atoms in total. The molecule has 1 unspecified atom stereocenters. The third kappa shape index (κ3) is 3.19. The lowest BCUT2D eigenvalue weighted by Crippen LogP contribution is -2.45. The average Bonchev–Trinajstić information content (AvgIpc) is 3.19. The van der Waals surface area contributed by atoms with Gasteiger partial charge in [-0.15, -0.1) is 0 Å². The van der Waals surface area contributed by atoms with Gasteiger partial charge in [0, 0.05) is 0 Å². The molecule has 0 bridgehead atoms. The second-order valence-electron chi connectivity index (χ2n) is 5.22. The van der Waals surface area contributed by atoms with Crippen molar-refractivity contribution in [2.75, 3.05) is 13.2 Å². The van der Waals surface area contributed by atoms with Crippen molar-refractivity contribution in [2.45, 2.75) is 38.8 Å². The van der Waals surface area contributed by atoms with Crippen LogP contribution in [0, 0.1) is 0 Å². The van der Waals surface area contributed by atoms with Gasteiger partial charge in [0.05, 0.1) is 19.4 Å². The summed E-state index contributed by atoms with van der Waals surface area (Å²) in [7, 11) is 0. The normalized spacial score (nSPS) is 19.2. The number of ether oxygens (including phenoxy) is 1. The van der Waals surface area contributed by atoms with Gasteiger partial charge in [-0.1, -0.05) is 11.6 Å².